The predicted octanol–water partition coefficient (Wildman–Crippen LogP) is 2.28. The number of nitrogens with zero attached hydrogens (tertiary/aromatic N) is 3. The highest BCUT2D eigenvalue weighted by molar-refractivity contribution is 7.17. The molecule has 1 fully saturated rings. The number of H-pyrrole nitrogens is 1. The summed E-state index contributed by atoms with van der Waals surface area (Å²) in [5.74, 6) is -0.487. The number of nitrogens with one attached hydrogen (secondary N) is 2. The first-order valence-electron chi connectivity index (χ1n) is 9.42. The van der Waals surface area contributed by atoms with Crippen LogP contribution in [0.3, 0.4) is 0 Å². The van der Waals surface area contributed by atoms with E-state index < -0.39 is 0 Å². The number of piperidine rings is 1. The van der Waals surface area contributed by atoms with Crippen molar-refractivity contribution in [1.82, 2.24) is 20.3 Å². The molecule has 0 saturated carbocycles. The third kappa shape index (κ3) is 4.88. The molecule has 0 radical (unpaired) electrons. The molecule has 11 heteroatoms. The molecule has 29 heavy (non-hydrogen) atoms. The Bertz CT molecular complexity index is 870. The second-order valence-electron chi connectivity index (χ2n) is 6.52. The summed E-state index contributed by atoms with van der Waals surface area (Å²) in [6.45, 7) is 5.23. The van der Waals surface area contributed by atoms with Gasteiger partial charge in [0.1, 0.15) is 4.88 Å². The highest BCUT2D eigenvalue weighted by Crippen LogP contribution is 2.27. The van der Waals surface area contributed by atoms with Gasteiger partial charge in [0, 0.05) is 20.2 Å². The molecule has 2 atom stereocenters. The Kier molecular flexibility index (Phi) is 7.09. The third-order valence-corrected chi connectivity index (χ3v) is 6.07. The Morgan fingerprint density at radius 3 is 2.90 bits per heavy atom. The average Bonchev–Trinajstić information content (AvgIpc) is 3.35. The van der Waals surface area contributed by atoms with Crippen LogP contribution in [0.4, 0.5) is 5.13 Å². The molecule has 0 spiro atoms. The van der Waals surface area contributed by atoms with Crippen molar-refractivity contribution in [2.24, 2.45) is 0 Å². The lowest BCUT2D eigenvalue weighted by Gasteiger charge is -2.37. The van der Waals surface area contributed by atoms with E-state index in [9.17, 15) is 9.59 Å². The van der Waals surface area contributed by atoms with E-state index in [1.165, 1.54) is 17.5 Å². The van der Waals surface area contributed by atoms with Gasteiger partial charge in [0.2, 0.25) is 0 Å². The number of imidazole rings is 1. The number of aromatic amines is 1. The van der Waals surface area contributed by atoms with Crippen LogP contribution in [-0.4, -0.2) is 65.8 Å². The number of hydrogen-bond donors (Lipinski definition) is 2. The number of carbonyl (C=O) groups excluding carboxylic acids is 2. The van der Waals surface area contributed by atoms with E-state index in [4.69, 9.17) is 21.1 Å². The molecule has 3 heterocycles. The summed E-state index contributed by atoms with van der Waals surface area (Å²) in [7, 11) is 1.61. The molecular weight excluding hydrogens is 418 g/mol. The van der Waals surface area contributed by atoms with E-state index in [1.807, 2.05) is 11.8 Å². The maximum atomic E-state index is 12.6. The van der Waals surface area contributed by atoms with E-state index in [0.717, 1.165) is 10.8 Å². The van der Waals surface area contributed by atoms with E-state index in [-0.39, 0.29) is 29.8 Å². The summed E-state index contributed by atoms with van der Waals surface area (Å²) in [6.07, 6.45) is 2.62. The lowest BCUT2D eigenvalue weighted by molar-refractivity contribution is 0.0530. The van der Waals surface area contributed by atoms with Gasteiger partial charge in [-0.2, -0.15) is 0 Å². The molecule has 1 aliphatic heterocycles. The second kappa shape index (κ2) is 9.55. The van der Waals surface area contributed by atoms with Crippen molar-refractivity contribution in [2.75, 3.05) is 31.7 Å². The summed E-state index contributed by atoms with van der Waals surface area (Å²) >= 11 is 7.31. The minimum atomic E-state index is -0.370. The number of hydrogen-bond acceptors (Lipinski definition) is 8. The number of methoxy groups -OCH3 is 1. The topological polar surface area (TPSA) is 109 Å². The molecule has 2 N–H and O–H groups in total. The van der Waals surface area contributed by atoms with Crippen LogP contribution in [0.1, 0.15) is 46.3 Å². The molecule has 1 saturated heterocycles. The number of halogens is 1. The van der Waals surface area contributed by atoms with Crippen molar-refractivity contribution in [2.45, 2.75) is 38.8 Å². The summed E-state index contributed by atoms with van der Waals surface area (Å²) < 4.78 is 10.6. The van der Waals surface area contributed by atoms with Crippen LogP contribution >= 0.6 is 22.9 Å². The fourth-order valence-corrected chi connectivity index (χ4v) is 4.28. The number of esters is 1. The Labute approximate surface area is 177 Å². The number of aryl methyl sites for hydroxylation is 1. The zero-order valence-corrected chi connectivity index (χ0v) is 18.1. The van der Waals surface area contributed by atoms with Gasteiger partial charge in [-0.25, -0.2) is 14.8 Å². The van der Waals surface area contributed by atoms with Crippen LogP contribution < -0.4 is 10.2 Å². The Morgan fingerprint density at radius 2 is 2.24 bits per heavy atom. The quantitative estimate of drug-likeness (QED) is 0.634. The molecular formula is C18H24ClN5O4S. The molecule has 158 valence electrons. The van der Waals surface area contributed by atoms with Gasteiger partial charge in [-0.3, -0.25) is 4.79 Å². The number of thiazole rings is 1. The lowest BCUT2D eigenvalue weighted by Crippen LogP contribution is -2.55. The minimum Gasteiger partial charge on any atom is -0.462 e. The van der Waals surface area contributed by atoms with Gasteiger partial charge in [-0.1, -0.05) is 29.9 Å². The van der Waals surface area contributed by atoms with Crippen molar-refractivity contribution in [3.8, 4) is 0 Å². The predicted molar refractivity (Wildman–Crippen MR) is 110 cm³/mol. The number of ether oxygens (including phenoxy) is 2. The first kappa shape index (κ1) is 21.5. The van der Waals surface area contributed by atoms with Gasteiger partial charge in [0.15, 0.2) is 16.1 Å². The molecule has 1 amide bonds. The number of anilines is 1. The van der Waals surface area contributed by atoms with Crippen molar-refractivity contribution < 1.29 is 19.1 Å². The summed E-state index contributed by atoms with van der Waals surface area (Å²) in [4.78, 5) is 38.3. The second-order valence-corrected chi connectivity index (χ2v) is 7.89. The fraction of sp³-hybridized carbons (Fsp3) is 0.556. The van der Waals surface area contributed by atoms with Crippen molar-refractivity contribution in [1.29, 1.82) is 0 Å². The lowest BCUT2D eigenvalue weighted by atomic mass is 10.0. The van der Waals surface area contributed by atoms with E-state index in [2.05, 4.69) is 20.3 Å². The summed E-state index contributed by atoms with van der Waals surface area (Å²) in [5.41, 5.74) is 0.733. The van der Waals surface area contributed by atoms with Gasteiger partial charge >= 0.3 is 5.97 Å². The fourth-order valence-electron chi connectivity index (χ4n) is 3.17. The Balaban J connectivity index is 1.63. The average molecular weight is 442 g/mol. The van der Waals surface area contributed by atoms with Crippen LogP contribution in [-0.2, 0) is 15.9 Å². The third-order valence-electron chi connectivity index (χ3n) is 4.72. The van der Waals surface area contributed by atoms with Gasteiger partial charge in [0.05, 0.1) is 30.6 Å². The molecule has 0 aliphatic carbocycles. The maximum Gasteiger partial charge on any atom is 0.350 e. The molecule has 0 bridgehead atoms. The van der Waals surface area contributed by atoms with Crippen molar-refractivity contribution in [3.05, 3.63) is 27.7 Å². The number of aromatic nitrogens is 3. The van der Waals surface area contributed by atoms with Gasteiger partial charge in [-0.05, 0) is 19.8 Å². The number of rotatable bonds is 7. The van der Waals surface area contributed by atoms with Gasteiger partial charge in [0.25, 0.3) is 5.91 Å². The van der Waals surface area contributed by atoms with Crippen LogP contribution in [0, 0.1) is 0 Å². The van der Waals surface area contributed by atoms with Crippen LogP contribution in [0.25, 0.3) is 0 Å². The molecule has 2 aromatic heterocycles. The standard InChI is InChI=1S/C18H24ClN5O4S/c1-4-10-14(19)23-15(21-10)16(25)22-11-6-7-24(9-12(11)27-3)18-20-8-13(29-18)17(26)28-5-2/h8,11-12H,4-7,9H2,1-3H3,(H,21,23)(H,22,25)/t11-,12+/m0/s1. The van der Waals surface area contributed by atoms with Crippen LogP contribution in [0.15, 0.2) is 6.20 Å². The minimum absolute atomic E-state index is 0.179. The smallest absolute Gasteiger partial charge is 0.350 e. The highest BCUT2D eigenvalue weighted by Gasteiger charge is 2.32. The first-order chi connectivity index (χ1) is 14.0. The number of carbonyl (C=O) groups is 2. The number of amides is 1. The van der Waals surface area contributed by atoms with Gasteiger partial charge in [-0.15, -0.1) is 0 Å². The van der Waals surface area contributed by atoms with Crippen LogP contribution in [0.5, 0.6) is 0 Å². The molecule has 9 nitrogen and oxygen atoms in total. The van der Waals surface area contributed by atoms with E-state index in [1.54, 1.807) is 14.0 Å². The largest absolute Gasteiger partial charge is 0.462 e. The Hall–Kier alpha value is -2.17. The van der Waals surface area contributed by atoms with Crippen molar-refractivity contribution in [3.63, 3.8) is 0 Å². The SMILES string of the molecule is CCOC(=O)c1cnc(N2CC[C@H](NC(=O)c3nc(Cl)c(CC)[nH]3)[C@H](OC)C2)s1. The molecule has 0 unspecified atom stereocenters. The zero-order valence-electron chi connectivity index (χ0n) is 16.5. The zero-order chi connectivity index (χ0) is 21.0. The molecule has 3 rings (SSSR count). The van der Waals surface area contributed by atoms with E-state index >= 15 is 0 Å². The van der Waals surface area contributed by atoms with Gasteiger partial charge < -0.3 is 24.7 Å². The summed E-state index contributed by atoms with van der Waals surface area (Å²) in [5, 5.41) is 4.02. The van der Waals surface area contributed by atoms with Crippen molar-refractivity contribution >= 4 is 39.9 Å². The normalized spacial score (nSPS) is 19.2. The molecule has 2 aromatic rings. The maximum absolute atomic E-state index is 12.6. The summed E-state index contributed by atoms with van der Waals surface area (Å²) in [6, 6.07) is -0.179. The van der Waals surface area contributed by atoms with E-state index in [0.29, 0.717) is 42.6 Å². The Morgan fingerprint density at radius 1 is 1.45 bits per heavy atom. The molecule has 0 aromatic carbocycles. The highest BCUT2D eigenvalue weighted by atomic mass is 35.5. The monoisotopic (exact) mass is 441 g/mol. The first-order valence-corrected chi connectivity index (χ1v) is 10.6. The molecule has 1 aliphatic rings. The van der Waals surface area contributed by atoms with Crippen LogP contribution in [0.2, 0.25) is 5.15 Å².